The molecule has 35 heavy (non-hydrogen) atoms. The molecule has 1 aromatic carbocycles. The Bertz CT molecular complexity index is 1210. The van der Waals surface area contributed by atoms with Crippen LogP contribution in [0.4, 0.5) is 13.2 Å². The van der Waals surface area contributed by atoms with Gasteiger partial charge in [0, 0.05) is 23.6 Å². The van der Waals surface area contributed by atoms with Crippen molar-refractivity contribution in [1.29, 1.82) is 0 Å². The van der Waals surface area contributed by atoms with Crippen molar-refractivity contribution in [3.8, 4) is 17.0 Å². The second kappa shape index (κ2) is 9.49. The van der Waals surface area contributed by atoms with Crippen molar-refractivity contribution in [3.05, 3.63) is 47.8 Å². The topological polar surface area (TPSA) is 69.0 Å². The number of aromatic nitrogens is 3. The summed E-state index contributed by atoms with van der Waals surface area (Å²) in [5.41, 5.74) is -0.678. The number of ether oxygens (including phenoxy) is 2. The van der Waals surface area contributed by atoms with Crippen molar-refractivity contribution >= 4 is 11.6 Å². The number of esters is 1. The van der Waals surface area contributed by atoms with Crippen LogP contribution in [0.25, 0.3) is 16.9 Å². The zero-order chi connectivity index (χ0) is 24.6. The van der Waals surface area contributed by atoms with Crippen molar-refractivity contribution in [3.63, 3.8) is 0 Å². The van der Waals surface area contributed by atoms with E-state index < -0.39 is 17.8 Å². The van der Waals surface area contributed by atoms with E-state index in [9.17, 15) is 18.0 Å². The number of rotatable bonds is 5. The lowest BCUT2D eigenvalue weighted by molar-refractivity contribution is -0.142. The van der Waals surface area contributed by atoms with Gasteiger partial charge >= 0.3 is 12.1 Å². The number of piperidine rings is 2. The quantitative estimate of drug-likeness (QED) is 0.479. The number of hydrogen-bond acceptors (Lipinski definition) is 6. The lowest BCUT2D eigenvalue weighted by Crippen LogP contribution is -2.49. The molecule has 3 aromatic rings. The van der Waals surface area contributed by atoms with Crippen LogP contribution in [0.15, 0.2) is 36.4 Å². The van der Waals surface area contributed by atoms with Gasteiger partial charge in [0.15, 0.2) is 17.0 Å². The molecule has 0 bridgehead atoms. The van der Waals surface area contributed by atoms with Crippen molar-refractivity contribution in [2.75, 3.05) is 26.8 Å². The van der Waals surface area contributed by atoms with E-state index in [1.54, 1.807) is 24.3 Å². The molecule has 10 heteroatoms. The summed E-state index contributed by atoms with van der Waals surface area (Å²) in [5, 5.41) is 3.92. The van der Waals surface area contributed by atoms with Gasteiger partial charge in [-0.2, -0.15) is 18.3 Å². The zero-order valence-corrected chi connectivity index (χ0v) is 19.4. The molecule has 2 aliphatic rings. The average molecular weight is 489 g/mol. The summed E-state index contributed by atoms with van der Waals surface area (Å²) in [4.78, 5) is 19.6. The predicted molar refractivity (Wildman–Crippen MR) is 122 cm³/mol. The van der Waals surface area contributed by atoms with Crippen molar-refractivity contribution in [2.24, 2.45) is 5.92 Å². The van der Waals surface area contributed by atoms with E-state index >= 15 is 0 Å². The van der Waals surface area contributed by atoms with Gasteiger partial charge in [-0.1, -0.05) is 6.42 Å². The molecule has 0 spiro atoms. The molecule has 186 valence electrons. The predicted octanol–water partition coefficient (Wildman–Crippen LogP) is 4.85. The van der Waals surface area contributed by atoms with Crippen molar-refractivity contribution < 1.29 is 27.4 Å². The summed E-state index contributed by atoms with van der Waals surface area (Å²) in [7, 11) is 1.51. The summed E-state index contributed by atoms with van der Waals surface area (Å²) in [6.45, 7) is 2.39. The fourth-order valence-corrected chi connectivity index (χ4v) is 5.21. The SMILES string of the molecule is COc1ccc(-c2cc(C(F)(F)F)n3nc(C(=O)OC[C@@H]4CCCN5CCCC[C@@H]45)cc3n2)cc1. The monoisotopic (exact) mass is 488 g/mol. The van der Waals surface area contributed by atoms with E-state index in [0.29, 0.717) is 21.9 Å². The highest BCUT2D eigenvalue weighted by Gasteiger charge is 2.36. The second-order valence-corrected chi connectivity index (χ2v) is 9.15. The lowest BCUT2D eigenvalue weighted by atomic mass is 9.84. The third kappa shape index (κ3) is 4.84. The van der Waals surface area contributed by atoms with Gasteiger partial charge in [-0.3, -0.25) is 4.90 Å². The first-order valence-corrected chi connectivity index (χ1v) is 11.9. The molecule has 7 nitrogen and oxygen atoms in total. The normalized spacial score (nSPS) is 21.0. The van der Waals surface area contributed by atoms with Crippen LogP contribution >= 0.6 is 0 Å². The smallest absolute Gasteiger partial charge is 0.433 e. The first kappa shape index (κ1) is 23.6. The molecule has 0 aliphatic carbocycles. The molecular weight excluding hydrogens is 461 g/mol. The molecule has 2 atom stereocenters. The maximum Gasteiger partial charge on any atom is 0.433 e. The molecule has 2 aliphatic heterocycles. The summed E-state index contributed by atoms with van der Waals surface area (Å²) in [6, 6.07) is 9.12. The number of carbonyl (C=O) groups is 1. The zero-order valence-electron chi connectivity index (χ0n) is 19.4. The van der Waals surface area contributed by atoms with Crippen LogP contribution in [0.5, 0.6) is 5.75 Å². The van der Waals surface area contributed by atoms with Crippen molar-refractivity contribution in [1.82, 2.24) is 19.5 Å². The number of halogens is 3. The minimum absolute atomic E-state index is 0.0753. The fraction of sp³-hybridized carbons (Fsp3) is 0.480. The molecule has 0 saturated carbocycles. The highest BCUT2D eigenvalue weighted by atomic mass is 19.4. The summed E-state index contributed by atoms with van der Waals surface area (Å²) < 4.78 is 52.9. The maximum atomic E-state index is 13.9. The Morgan fingerprint density at radius 3 is 2.60 bits per heavy atom. The van der Waals surface area contributed by atoms with Crippen LogP contribution in [-0.4, -0.2) is 58.3 Å². The Hall–Kier alpha value is -3.14. The molecule has 5 rings (SSSR count). The van der Waals surface area contributed by atoms with E-state index in [2.05, 4.69) is 15.0 Å². The van der Waals surface area contributed by atoms with Crippen LogP contribution in [-0.2, 0) is 10.9 Å². The van der Waals surface area contributed by atoms with Gasteiger partial charge in [0.25, 0.3) is 0 Å². The first-order valence-electron chi connectivity index (χ1n) is 11.9. The molecule has 0 unspecified atom stereocenters. The molecule has 0 N–H and O–H groups in total. The standard InChI is InChI=1S/C25H27F3N4O3/c1-34-18-9-7-16(8-10-18)19-13-22(25(26,27)28)32-23(29-19)14-20(30-32)24(33)35-15-17-5-4-12-31-11-3-2-6-21(17)31/h7-10,13-14,17,21H,2-6,11-12,15H2,1H3/t17-,21-/m0/s1. The minimum Gasteiger partial charge on any atom is -0.497 e. The minimum atomic E-state index is -4.69. The van der Waals surface area contributed by atoms with Crippen LogP contribution in [0, 0.1) is 5.92 Å². The number of hydrogen-bond donors (Lipinski definition) is 0. The number of benzene rings is 1. The highest BCUT2D eigenvalue weighted by Crippen LogP contribution is 2.33. The van der Waals surface area contributed by atoms with E-state index in [-0.39, 0.29) is 29.6 Å². The fourth-order valence-electron chi connectivity index (χ4n) is 5.21. The van der Waals surface area contributed by atoms with Gasteiger partial charge in [0.1, 0.15) is 5.75 Å². The summed E-state index contributed by atoms with van der Waals surface area (Å²) in [5.74, 6) is 0.0766. The Balaban J connectivity index is 1.40. The van der Waals surface area contributed by atoms with E-state index in [1.807, 2.05) is 0 Å². The molecule has 0 radical (unpaired) electrons. The molecule has 2 saturated heterocycles. The van der Waals surface area contributed by atoms with Gasteiger partial charge in [0.05, 0.1) is 19.4 Å². The molecular formula is C25H27F3N4O3. The Morgan fingerprint density at radius 1 is 1.09 bits per heavy atom. The van der Waals surface area contributed by atoms with Crippen LogP contribution in [0.3, 0.4) is 0 Å². The van der Waals surface area contributed by atoms with Gasteiger partial charge in [0.2, 0.25) is 0 Å². The third-order valence-corrected chi connectivity index (χ3v) is 6.97. The van der Waals surface area contributed by atoms with Crippen molar-refractivity contribution in [2.45, 2.75) is 44.3 Å². The molecule has 2 fully saturated rings. The number of nitrogens with zero attached hydrogens (tertiary/aromatic N) is 4. The maximum absolute atomic E-state index is 13.9. The molecule has 2 aromatic heterocycles. The molecule has 4 heterocycles. The second-order valence-electron chi connectivity index (χ2n) is 9.15. The van der Waals surface area contributed by atoms with Gasteiger partial charge < -0.3 is 9.47 Å². The van der Waals surface area contributed by atoms with Gasteiger partial charge in [-0.15, -0.1) is 0 Å². The highest BCUT2D eigenvalue weighted by molar-refractivity contribution is 5.88. The summed E-state index contributed by atoms with van der Waals surface area (Å²) in [6.07, 6.45) is 0.786. The van der Waals surface area contributed by atoms with E-state index in [0.717, 1.165) is 38.4 Å². The number of alkyl halides is 3. The Kier molecular flexibility index (Phi) is 6.39. The first-order chi connectivity index (χ1) is 16.8. The largest absolute Gasteiger partial charge is 0.497 e. The number of carbonyl (C=O) groups excluding carboxylic acids is 1. The van der Waals surface area contributed by atoms with Crippen LogP contribution < -0.4 is 4.74 Å². The van der Waals surface area contributed by atoms with E-state index in [4.69, 9.17) is 9.47 Å². The number of methoxy groups -OCH3 is 1. The van der Waals surface area contributed by atoms with Crippen LogP contribution in [0.2, 0.25) is 0 Å². The average Bonchev–Trinajstić information content (AvgIpc) is 3.30. The Morgan fingerprint density at radius 2 is 1.86 bits per heavy atom. The summed E-state index contributed by atoms with van der Waals surface area (Å²) >= 11 is 0. The Labute approximate surface area is 200 Å². The third-order valence-electron chi connectivity index (χ3n) is 6.97. The van der Waals surface area contributed by atoms with E-state index in [1.165, 1.54) is 26.0 Å². The number of fused-ring (bicyclic) bond motifs is 2. The van der Waals surface area contributed by atoms with Gasteiger partial charge in [-0.05, 0) is 69.1 Å². The van der Waals surface area contributed by atoms with Crippen LogP contribution in [0.1, 0.15) is 48.3 Å². The molecule has 0 amide bonds. The van der Waals surface area contributed by atoms with Gasteiger partial charge in [-0.25, -0.2) is 14.3 Å². The lowest BCUT2D eigenvalue weighted by Gasteiger charge is -2.44.